The van der Waals surface area contributed by atoms with Crippen LogP contribution in [0.15, 0.2) is 176 Å². The Hall–Kier alpha value is -9.11. The molecular formula is C76H83N3O11. The molecule has 0 atom stereocenters. The molecular weight excluding hydrogens is 1130 g/mol. The zero-order valence-corrected chi connectivity index (χ0v) is 51.5. The maximum atomic E-state index is 14.1. The van der Waals surface area contributed by atoms with Crippen LogP contribution in [0, 0.1) is 0 Å². The number of amides is 3. The number of carbonyl (C=O) groups is 3. The second kappa shape index (κ2) is 32.9. The number of nitrogens with zero attached hydrogens (tertiary/aromatic N) is 1. The lowest BCUT2D eigenvalue weighted by Crippen LogP contribution is -2.30. The summed E-state index contributed by atoms with van der Waals surface area (Å²) in [5, 5.41) is 37.0. The maximum Gasteiger partial charge on any atom is 0.252 e. The third kappa shape index (κ3) is 17.6. The van der Waals surface area contributed by atoms with Crippen molar-refractivity contribution in [3.05, 3.63) is 204 Å². The van der Waals surface area contributed by atoms with Crippen molar-refractivity contribution in [3.63, 3.8) is 0 Å². The fourth-order valence-corrected chi connectivity index (χ4v) is 11.8. The Labute approximate surface area is 527 Å². The van der Waals surface area contributed by atoms with Gasteiger partial charge in [-0.25, -0.2) is 0 Å². The number of carbonyl (C=O) groups excluding carboxylic acids is 3. The second-order valence-corrected chi connectivity index (χ2v) is 23.1. The predicted octanol–water partition coefficient (Wildman–Crippen LogP) is 14.7. The van der Waals surface area contributed by atoms with Gasteiger partial charge in [0.25, 0.3) is 5.91 Å². The Kier molecular flexibility index (Phi) is 23.4. The third-order valence-corrected chi connectivity index (χ3v) is 16.4. The largest absolute Gasteiger partial charge is 0.504 e. The zero-order valence-electron chi connectivity index (χ0n) is 51.5. The van der Waals surface area contributed by atoms with E-state index >= 15 is 0 Å². The normalized spacial score (nSPS) is 13.6. The summed E-state index contributed by atoms with van der Waals surface area (Å²) in [4.78, 5) is 42.0. The minimum Gasteiger partial charge on any atom is -0.504 e. The lowest BCUT2D eigenvalue weighted by Gasteiger charge is -2.24. The molecule has 90 heavy (non-hydrogen) atoms. The first-order valence-corrected chi connectivity index (χ1v) is 31.9. The van der Waals surface area contributed by atoms with E-state index in [1.807, 2.05) is 163 Å². The van der Waals surface area contributed by atoms with Crippen molar-refractivity contribution < 1.29 is 53.0 Å². The van der Waals surface area contributed by atoms with Crippen molar-refractivity contribution in [2.75, 3.05) is 65.9 Å². The van der Waals surface area contributed by atoms with E-state index in [1.54, 1.807) is 0 Å². The number of hydrogen-bond donors (Lipinski definition) is 4. The Balaban J connectivity index is 0.680. The molecule has 0 aromatic heterocycles. The number of nitrogens with one attached hydrogen (secondary N) is 2. The molecule has 0 saturated carbocycles. The number of phenols is 2. The Morgan fingerprint density at radius 2 is 0.867 bits per heavy atom. The molecule has 4 bridgehead atoms. The van der Waals surface area contributed by atoms with Crippen LogP contribution in [0.3, 0.4) is 0 Å². The summed E-state index contributed by atoms with van der Waals surface area (Å²) >= 11 is 0. The van der Waals surface area contributed by atoms with E-state index in [0.717, 1.165) is 111 Å². The molecule has 14 heteroatoms. The molecule has 468 valence electrons. The molecule has 1 aliphatic heterocycles. The summed E-state index contributed by atoms with van der Waals surface area (Å²) < 4.78 is 36.9. The number of phenolic OH excluding ortho intramolecular Hbond substituents is 2. The number of unbranched alkanes of at least 4 members (excludes halogenated alkanes) is 7. The first-order valence-electron chi connectivity index (χ1n) is 31.9. The molecule has 9 aromatic carbocycles. The van der Waals surface area contributed by atoms with Gasteiger partial charge in [-0.15, -0.1) is 0 Å². The molecule has 14 nitrogen and oxygen atoms in total. The number of benzene rings is 9. The number of ether oxygens (including phenoxy) is 6. The van der Waals surface area contributed by atoms with Crippen molar-refractivity contribution in [1.29, 1.82) is 0 Å². The fraction of sp³-hybridized carbons (Fsp3) is 0.329. The lowest BCUT2D eigenvalue weighted by molar-refractivity contribution is -0.132. The average molecular weight is 1210 g/mol. The lowest BCUT2D eigenvalue weighted by atomic mass is 9.92. The van der Waals surface area contributed by atoms with Crippen LogP contribution in [0.5, 0.6) is 34.5 Å². The van der Waals surface area contributed by atoms with Crippen molar-refractivity contribution in [2.45, 2.75) is 96.6 Å². The summed E-state index contributed by atoms with van der Waals surface area (Å²) in [6.45, 7) is 8.04. The Morgan fingerprint density at radius 3 is 1.42 bits per heavy atom. The summed E-state index contributed by atoms with van der Waals surface area (Å²) in [7, 11) is 0. The van der Waals surface area contributed by atoms with Crippen molar-refractivity contribution >= 4 is 60.8 Å². The van der Waals surface area contributed by atoms with Gasteiger partial charge in [-0.2, -0.15) is 0 Å². The van der Waals surface area contributed by atoms with Gasteiger partial charge in [0.1, 0.15) is 26.4 Å². The first kappa shape index (κ1) is 63.9. The van der Waals surface area contributed by atoms with Crippen LogP contribution in [0.4, 0.5) is 0 Å². The van der Waals surface area contributed by atoms with E-state index in [2.05, 4.69) is 23.3 Å². The highest BCUT2D eigenvalue weighted by atomic mass is 16.6. The molecule has 9 aromatic rings. The van der Waals surface area contributed by atoms with Gasteiger partial charge in [0.15, 0.2) is 34.5 Å². The minimum absolute atomic E-state index is 0.0307. The van der Waals surface area contributed by atoms with E-state index in [1.165, 1.54) is 0 Å². The molecule has 0 radical (unpaired) electrons. The molecule has 10 rings (SSSR count). The highest BCUT2D eigenvalue weighted by Gasteiger charge is 2.21. The summed E-state index contributed by atoms with van der Waals surface area (Å²) in [5.41, 5.74) is 4.77. The van der Waals surface area contributed by atoms with Crippen LogP contribution < -0.4 is 29.6 Å². The van der Waals surface area contributed by atoms with Gasteiger partial charge in [0, 0.05) is 50.1 Å². The van der Waals surface area contributed by atoms with Crippen LogP contribution in [0.25, 0.3) is 43.1 Å². The summed E-state index contributed by atoms with van der Waals surface area (Å²) in [5.74, 6) is 1.80. The predicted molar refractivity (Wildman–Crippen MR) is 356 cm³/mol. The van der Waals surface area contributed by atoms with Crippen molar-refractivity contribution in [2.24, 2.45) is 0 Å². The topological polar surface area (TPSA) is 174 Å². The molecule has 0 fully saturated rings. The monoisotopic (exact) mass is 1210 g/mol. The molecule has 0 spiro atoms. The smallest absolute Gasteiger partial charge is 0.252 e. The van der Waals surface area contributed by atoms with Crippen molar-refractivity contribution in [3.8, 4) is 34.5 Å². The molecule has 0 saturated heterocycles. The average Bonchev–Trinajstić information content (AvgIpc) is 0.947. The van der Waals surface area contributed by atoms with E-state index in [0.29, 0.717) is 98.0 Å². The van der Waals surface area contributed by atoms with Crippen LogP contribution in [-0.4, -0.2) is 98.8 Å². The number of aromatic hydroxyl groups is 2. The van der Waals surface area contributed by atoms with Gasteiger partial charge in [-0.1, -0.05) is 184 Å². The molecule has 3 amide bonds. The molecule has 0 unspecified atom stereocenters. The van der Waals surface area contributed by atoms with Crippen LogP contribution >= 0.6 is 0 Å². The fourth-order valence-electron chi connectivity index (χ4n) is 11.8. The molecule has 1 heterocycles. The highest BCUT2D eigenvalue weighted by Crippen LogP contribution is 2.42. The van der Waals surface area contributed by atoms with E-state index in [-0.39, 0.29) is 82.1 Å². The minimum atomic E-state index is -0.105. The van der Waals surface area contributed by atoms with Gasteiger partial charge in [-0.3, -0.25) is 14.4 Å². The Bertz CT molecular complexity index is 3830. The Morgan fingerprint density at radius 1 is 0.422 bits per heavy atom. The second-order valence-electron chi connectivity index (χ2n) is 23.1. The standard InChI is InChI=1S/C76H83N3O11/c1-54-46-65-61-28-17-13-26-59(61)50-69(74(65)82)89-44-40-85-38-42-87-67-35-34-56(48-68(67)88-43-39-86-41-45-90-70-51-60-27-14-18-29-62(60)66(47-54)75(70)83)53-79(52-55-22-9-8-10-23-55)72(81)33-12-7-5-3-2-4-6-11-32-71(80)77-36-21-37-78-76(84)73-63-30-19-15-24-57(63)49-58-25-16-20-31-64(58)73/h8-10,13-20,22-31,34-35,48-51,82-83H,1-7,11-12,21,32-33,36-47,52-53H2,(H,77,80)(H,78,84). The first-order chi connectivity index (χ1) is 44.2. The highest BCUT2D eigenvalue weighted by molar-refractivity contribution is 6.18. The van der Waals surface area contributed by atoms with E-state index < -0.39 is 0 Å². The van der Waals surface area contributed by atoms with Crippen LogP contribution in [0.2, 0.25) is 0 Å². The number of allylic oxidation sites excluding steroid dienone is 1. The van der Waals surface area contributed by atoms with Crippen molar-refractivity contribution in [1.82, 2.24) is 15.5 Å². The number of rotatable bonds is 20. The van der Waals surface area contributed by atoms with E-state index in [9.17, 15) is 24.6 Å². The number of hydrogen-bond acceptors (Lipinski definition) is 11. The van der Waals surface area contributed by atoms with Gasteiger partial charge in [0.2, 0.25) is 11.8 Å². The zero-order chi connectivity index (χ0) is 62.3. The van der Waals surface area contributed by atoms with Crippen LogP contribution in [-0.2, 0) is 45.0 Å². The maximum absolute atomic E-state index is 14.1. The van der Waals surface area contributed by atoms with Crippen LogP contribution in [0.1, 0.15) is 103 Å². The molecule has 4 N–H and O–H groups in total. The third-order valence-electron chi connectivity index (χ3n) is 16.4. The van der Waals surface area contributed by atoms with Gasteiger partial charge >= 0.3 is 0 Å². The molecule has 1 aliphatic rings. The number of fused-ring (bicyclic) bond motifs is 11. The van der Waals surface area contributed by atoms with Gasteiger partial charge in [-0.05, 0) is 117 Å². The molecule has 0 aliphatic carbocycles. The summed E-state index contributed by atoms with van der Waals surface area (Å²) in [6.07, 6.45) is 10.1. The van der Waals surface area contributed by atoms with Gasteiger partial charge < -0.3 is 54.2 Å². The quantitative estimate of drug-likeness (QED) is 0.0325. The van der Waals surface area contributed by atoms with E-state index in [4.69, 9.17) is 28.4 Å². The van der Waals surface area contributed by atoms with Gasteiger partial charge in [0.05, 0.1) is 32.0 Å². The summed E-state index contributed by atoms with van der Waals surface area (Å²) in [6, 6.07) is 53.2. The SMILES string of the molecule is C=C1Cc2c(O)c(cc3ccccc23)OCCOCCOc2ccc(CN(Cc3ccccc3)C(=O)CCCCCCCCCCC(=O)NCCCNC(=O)c3c4ccccc4cc4ccccc34)cc2OCCOCCOc2cc3ccccc3c(c2O)C1.